The van der Waals surface area contributed by atoms with Gasteiger partial charge in [-0.05, 0) is 44.5 Å². The zero-order valence-corrected chi connectivity index (χ0v) is 13.5. The lowest BCUT2D eigenvalue weighted by atomic mass is 10.1. The van der Waals surface area contributed by atoms with Gasteiger partial charge in [0.15, 0.2) is 0 Å². The molecule has 3 rings (SSSR count). The number of pyridine rings is 1. The molecule has 0 radical (unpaired) electrons. The predicted octanol–water partition coefficient (Wildman–Crippen LogP) is 4.98. The monoisotopic (exact) mass is 309 g/mol. The average molecular weight is 310 g/mol. The molecule has 0 fully saturated rings. The molecule has 0 amide bonds. The molecule has 0 unspecified atom stereocenters. The van der Waals surface area contributed by atoms with Gasteiger partial charge in [-0.1, -0.05) is 23.7 Å². The molecule has 22 heavy (non-hydrogen) atoms. The Balaban J connectivity index is 2.22. The molecule has 1 aromatic carbocycles. The summed E-state index contributed by atoms with van der Waals surface area (Å²) in [4.78, 5) is 4.59. The Kier molecular flexibility index (Phi) is 3.42. The van der Waals surface area contributed by atoms with Gasteiger partial charge in [-0.25, -0.2) is 4.98 Å². The van der Waals surface area contributed by atoms with Crippen LogP contribution in [0.15, 0.2) is 42.7 Å². The Morgan fingerprint density at radius 3 is 2.41 bits per heavy atom. The van der Waals surface area contributed by atoms with Crippen molar-refractivity contribution in [3.05, 3.63) is 53.3 Å². The molecule has 0 spiro atoms. The average Bonchev–Trinajstić information content (AvgIpc) is 2.86. The highest BCUT2D eigenvalue weighted by molar-refractivity contribution is 6.30. The molecule has 110 valence electrons. The standard InChI is InChI=1S/C18H16ClN3/c1-18(2,3)22-11-14(9-20)16-8-13(10-21-17(16)22)12-4-6-15(19)7-5-12/h4-8,10-11H,1-3H3. The first-order valence-corrected chi connectivity index (χ1v) is 7.45. The van der Waals surface area contributed by atoms with E-state index in [0.29, 0.717) is 10.6 Å². The Morgan fingerprint density at radius 1 is 1.14 bits per heavy atom. The van der Waals surface area contributed by atoms with E-state index in [0.717, 1.165) is 22.2 Å². The van der Waals surface area contributed by atoms with Crippen molar-refractivity contribution in [3.63, 3.8) is 0 Å². The van der Waals surface area contributed by atoms with Crippen molar-refractivity contribution >= 4 is 22.6 Å². The first kappa shape index (κ1) is 14.6. The predicted molar refractivity (Wildman–Crippen MR) is 89.9 cm³/mol. The Labute approximate surface area is 134 Å². The minimum Gasteiger partial charge on any atom is -0.326 e. The SMILES string of the molecule is CC(C)(C)n1cc(C#N)c2cc(-c3ccc(Cl)cc3)cnc21. The fourth-order valence-corrected chi connectivity index (χ4v) is 2.63. The molecule has 0 aliphatic rings. The highest BCUT2D eigenvalue weighted by atomic mass is 35.5. The summed E-state index contributed by atoms with van der Waals surface area (Å²) in [6.07, 6.45) is 3.72. The minimum atomic E-state index is -0.123. The third-order valence-corrected chi connectivity index (χ3v) is 3.92. The van der Waals surface area contributed by atoms with Crippen molar-refractivity contribution in [2.24, 2.45) is 0 Å². The number of benzene rings is 1. The summed E-state index contributed by atoms with van der Waals surface area (Å²) in [6.45, 7) is 6.30. The molecule has 3 aromatic rings. The number of hydrogen-bond donors (Lipinski definition) is 0. The number of halogens is 1. The van der Waals surface area contributed by atoms with Gasteiger partial charge >= 0.3 is 0 Å². The van der Waals surface area contributed by atoms with Gasteiger partial charge in [-0.2, -0.15) is 5.26 Å². The highest BCUT2D eigenvalue weighted by Crippen LogP contribution is 2.30. The molecule has 2 heterocycles. The first-order chi connectivity index (χ1) is 10.4. The molecule has 0 aliphatic heterocycles. The largest absolute Gasteiger partial charge is 0.326 e. The van der Waals surface area contributed by atoms with Crippen molar-refractivity contribution < 1.29 is 0 Å². The van der Waals surface area contributed by atoms with Crippen LogP contribution in [0.4, 0.5) is 0 Å². The van der Waals surface area contributed by atoms with Crippen LogP contribution in [0.1, 0.15) is 26.3 Å². The lowest BCUT2D eigenvalue weighted by Crippen LogP contribution is -2.20. The number of rotatable bonds is 1. The van der Waals surface area contributed by atoms with Gasteiger partial charge in [0.05, 0.1) is 5.56 Å². The minimum absolute atomic E-state index is 0.123. The Hall–Kier alpha value is -2.31. The van der Waals surface area contributed by atoms with Crippen molar-refractivity contribution in [1.82, 2.24) is 9.55 Å². The molecule has 4 heteroatoms. The van der Waals surface area contributed by atoms with Gasteiger partial charge in [-0.15, -0.1) is 0 Å². The molecule has 0 N–H and O–H groups in total. The van der Waals surface area contributed by atoms with Crippen LogP contribution in [-0.4, -0.2) is 9.55 Å². The molecule has 0 atom stereocenters. The second-order valence-electron chi connectivity index (χ2n) is 6.30. The molecule has 0 saturated carbocycles. The van der Waals surface area contributed by atoms with Gasteiger partial charge in [0.1, 0.15) is 11.7 Å². The maximum atomic E-state index is 9.40. The summed E-state index contributed by atoms with van der Waals surface area (Å²) < 4.78 is 2.05. The summed E-state index contributed by atoms with van der Waals surface area (Å²) in [5.74, 6) is 0. The Bertz CT molecular complexity index is 878. The normalized spacial score (nSPS) is 11.6. The van der Waals surface area contributed by atoms with E-state index in [4.69, 9.17) is 11.6 Å². The van der Waals surface area contributed by atoms with Crippen LogP contribution in [0.3, 0.4) is 0 Å². The smallest absolute Gasteiger partial charge is 0.141 e. The zero-order valence-electron chi connectivity index (χ0n) is 12.8. The molecule has 0 aliphatic carbocycles. The highest BCUT2D eigenvalue weighted by Gasteiger charge is 2.19. The molecular formula is C18H16ClN3. The van der Waals surface area contributed by atoms with Crippen molar-refractivity contribution in [3.8, 4) is 17.2 Å². The van der Waals surface area contributed by atoms with Crippen LogP contribution >= 0.6 is 11.6 Å². The van der Waals surface area contributed by atoms with Crippen LogP contribution < -0.4 is 0 Å². The fourth-order valence-electron chi connectivity index (χ4n) is 2.51. The molecule has 3 nitrogen and oxygen atoms in total. The molecular weight excluding hydrogens is 294 g/mol. The quantitative estimate of drug-likeness (QED) is 0.636. The molecule has 2 aromatic heterocycles. The van der Waals surface area contributed by atoms with Crippen molar-refractivity contribution in [2.75, 3.05) is 0 Å². The summed E-state index contributed by atoms with van der Waals surface area (Å²) in [7, 11) is 0. The second-order valence-corrected chi connectivity index (χ2v) is 6.73. The number of nitriles is 1. The van der Waals surface area contributed by atoms with Gasteiger partial charge < -0.3 is 4.57 Å². The van der Waals surface area contributed by atoms with E-state index in [1.807, 2.05) is 47.3 Å². The van der Waals surface area contributed by atoms with Gasteiger partial charge in [0, 0.05) is 33.9 Å². The third kappa shape index (κ3) is 2.47. The Morgan fingerprint density at radius 2 is 1.82 bits per heavy atom. The van der Waals surface area contributed by atoms with E-state index in [1.54, 1.807) is 0 Å². The summed E-state index contributed by atoms with van der Waals surface area (Å²) in [5, 5.41) is 11.0. The van der Waals surface area contributed by atoms with Gasteiger partial charge in [0.25, 0.3) is 0 Å². The van der Waals surface area contributed by atoms with Crippen LogP contribution in [0.5, 0.6) is 0 Å². The zero-order chi connectivity index (χ0) is 15.9. The van der Waals surface area contributed by atoms with Crippen LogP contribution in [0, 0.1) is 11.3 Å². The summed E-state index contributed by atoms with van der Waals surface area (Å²) in [6, 6.07) is 11.9. The van der Waals surface area contributed by atoms with Gasteiger partial charge in [0.2, 0.25) is 0 Å². The van der Waals surface area contributed by atoms with Crippen molar-refractivity contribution in [2.45, 2.75) is 26.3 Å². The van der Waals surface area contributed by atoms with Crippen LogP contribution in [0.25, 0.3) is 22.2 Å². The van der Waals surface area contributed by atoms with Crippen molar-refractivity contribution in [1.29, 1.82) is 5.26 Å². The lowest BCUT2D eigenvalue weighted by Gasteiger charge is -2.21. The van der Waals surface area contributed by atoms with E-state index in [1.165, 1.54) is 0 Å². The summed E-state index contributed by atoms with van der Waals surface area (Å²) >= 11 is 5.93. The number of hydrogen-bond acceptors (Lipinski definition) is 2. The maximum Gasteiger partial charge on any atom is 0.141 e. The number of aromatic nitrogens is 2. The maximum absolute atomic E-state index is 9.40. The van der Waals surface area contributed by atoms with E-state index >= 15 is 0 Å². The van der Waals surface area contributed by atoms with Gasteiger partial charge in [-0.3, -0.25) is 0 Å². The van der Waals surface area contributed by atoms with E-state index in [-0.39, 0.29) is 5.54 Å². The fraction of sp³-hybridized carbons (Fsp3) is 0.222. The lowest BCUT2D eigenvalue weighted by molar-refractivity contribution is 0.408. The van der Waals surface area contributed by atoms with E-state index in [9.17, 15) is 5.26 Å². The first-order valence-electron chi connectivity index (χ1n) is 7.08. The summed E-state index contributed by atoms with van der Waals surface area (Å²) in [5.41, 5.74) is 3.37. The van der Waals surface area contributed by atoms with Crippen LogP contribution in [-0.2, 0) is 5.54 Å². The van der Waals surface area contributed by atoms with E-state index in [2.05, 4.69) is 31.8 Å². The number of fused-ring (bicyclic) bond motifs is 1. The molecule has 0 bridgehead atoms. The molecule has 0 saturated heterocycles. The topological polar surface area (TPSA) is 41.6 Å². The van der Waals surface area contributed by atoms with E-state index < -0.39 is 0 Å². The van der Waals surface area contributed by atoms with Crippen LogP contribution in [0.2, 0.25) is 5.02 Å². The second kappa shape index (κ2) is 5.15. The third-order valence-electron chi connectivity index (χ3n) is 3.66. The number of nitrogens with zero attached hydrogens (tertiary/aromatic N) is 3.